The van der Waals surface area contributed by atoms with Gasteiger partial charge in [0.25, 0.3) is 0 Å². The van der Waals surface area contributed by atoms with Gasteiger partial charge < -0.3 is 19.7 Å². The van der Waals surface area contributed by atoms with Gasteiger partial charge in [-0.25, -0.2) is 0 Å². The molecule has 132 valence electrons. The zero-order valence-corrected chi connectivity index (χ0v) is 14.9. The van der Waals surface area contributed by atoms with Crippen molar-refractivity contribution in [3.05, 3.63) is 29.8 Å². The standard InChI is InChI=1S/C21H26N2O2/c1-23-11-4-7-19-8-9-21(15(13-19)17(24)25)20(10-12-23,18(19)23)14-5-2-3-6-16(14)22-21/h2-3,5-6,15,18,22H,4,7-13H2,1H3/t15-,18-,19-,20+,21+,23?/m0/s1. The average molecular weight is 338 g/mol. The molecule has 7 rings (SSSR count). The number of hydrogen-bond acceptors (Lipinski definition) is 3. The third kappa shape index (κ3) is 1.32. The van der Waals surface area contributed by atoms with Gasteiger partial charge >= 0.3 is 0 Å². The number of carbonyl (C=O) groups excluding carboxylic acids is 1. The highest BCUT2D eigenvalue weighted by Gasteiger charge is 2.82. The highest BCUT2D eigenvalue weighted by Crippen LogP contribution is 2.75. The van der Waals surface area contributed by atoms with Crippen molar-refractivity contribution in [1.29, 1.82) is 0 Å². The fraction of sp³-hybridized carbons (Fsp3) is 0.667. The summed E-state index contributed by atoms with van der Waals surface area (Å²) in [6.45, 7) is 2.44. The van der Waals surface area contributed by atoms with E-state index in [-0.39, 0.29) is 22.3 Å². The van der Waals surface area contributed by atoms with Crippen LogP contribution in [0.3, 0.4) is 0 Å². The van der Waals surface area contributed by atoms with E-state index in [4.69, 9.17) is 0 Å². The summed E-state index contributed by atoms with van der Waals surface area (Å²) < 4.78 is 1.15. The number of likely N-dealkylation sites (N-methyl/N-ethyl adjacent to an activating group) is 1. The molecule has 0 radical (unpaired) electrons. The van der Waals surface area contributed by atoms with Crippen LogP contribution in [0, 0.1) is 11.3 Å². The molecule has 1 unspecified atom stereocenters. The number of rotatable bonds is 1. The topological polar surface area (TPSA) is 52.2 Å². The highest BCUT2D eigenvalue weighted by molar-refractivity contribution is 5.78. The summed E-state index contributed by atoms with van der Waals surface area (Å²) >= 11 is 0. The number of hydrogen-bond donors (Lipinski definition) is 1. The lowest BCUT2D eigenvalue weighted by molar-refractivity contribution is -0.939. The van der Waals surface area contributed by atoms with E-state index in [0.717, 1.165) is 23.7 Å². The Bertz CT molecular complexity index is 809. The molecule has 3 heterocycles. The van der Waals surface area contributed by atoms with Crippen molar-refractivity contribution in [3.63, 3.8) is 0 Å². The number of carboxylic acid groups (broad SMARTS) is 1. The van der Waals surface area contributed by atoms with Crippen molar-refractivity contribution < 1.29 is 14.4 Å². The number of piperidine rings is 1. The first-order valence-electron chi connectivity index (χ1n) is 9.90. The van der Waals surface area contributed by atoms with Crippen molar-refractivity contribution in [3.8, 4) is 0 Å². The lowest BCUT2D eigenvalue weighted by Crippen LogP contribution is -2.80. The van der Waals surface area contributed by atoms with E-state index in [1.165, 1.54) is 43.6 Å². The Morgan fingerprint density at radius 3 is 2.88 bits per heavy atom. The van der Waals surface area contributed by atoms with Crippen LogP contribution in [0.2, 0.25) is 0 Å². The normalized spacial score (nSPS) is 51.4. The van der Waals surface area contributed by atoms with Gasteiger partial charge in [0.05, 0.1) is 31.1 Å². The Labute approximate surface area is 148 Å². The van der Waals surface area contributed by atoms with Crippen LogP contribution < -0.4 is 10.4 Å². The van der Waals surface area contributed by atoms with E-state index < -0.39 is 5.97 Å². The molecule has 6 atom stereocenters. The van der Waals surface area contributed by atoms with E-state index in [2.05, 4.69) is 36.6 Å². The highest BCUT2D eigenvalue weighted by atomic mass is 16.4. The molecular weight excluding hydrogens is 312 g/mol. The number of para-hydroxylation sites is 1. The molecule has 3 saturated carbocycles. The van der Waals surface area contributed by atoms with Crippen LogP contribution in [0.1, 0.15) is 44.1 Å². The molecule has 3 spiro atoms. The number of aliphatic carboxylic acids is 1. The molecule has 1 aromatic carbocycles. The Hall–Kier alpha value is -1.55. The minimum Gasteiger partial charge on any atom is -0.550 e. The van der Waals surface area contributed by atoms with Gasteiger partial charge in [0.1, 0.15) is 6.04 Å². The summed E-state index contributed by atoms with van der Waals surface area (Å²) in [5.74, 6) is -1.20. The van der Waals surface area contributed by atoms with Crippen LogP contribution in [0.25, 0.3) is 0 Å². The lowest BCUT2D eigenvalue weighted by atomic mass is 9.38. The smallest absolute Gasteiger partial charge is 0.107 e. The average Bonchev–Trinajstić information content (AvgIpc) is 3.09. The van der Waals surface area contributed by atoms with Crippen molar-refractivity contribution >= 4 is 11.7 Å². The van der Waals surface area contributed by atoms with Gasteiger partial charge in [-0.3, -0.25) is 0 Å². The second kappa shape index (κ2) is 4.06. The van der Waals surface area contributed by atoms with Gasteiger partial charge in [0, 0.05) is 29.4 Å². The number of nitrogens with one attached hydrogen (secondary N) is 1. The maximum atomic E-state index is 12.3. The quantitative estimate of drug-likeness (QED) is 0.792. The van der Waals surface area contributed by atoms with Crippen LogP contribution in [0.15, 0.2) is 24.3 Å². The number of benzene rings is 1. The zero-order chi connectivity index (χ0) is 17.1. The summed E-state index contributed by atoms with van der Waals surface area (Å²) in [4.78, 5) is 12.3. The first-order chi connectivity index (χ1) is 12.0. The minimum absolute atomic E-state index is 0.0278. The second-order valence-corrected chi connectivity index (χ2v) is 9.73. The maximum Gasteiger partial charge on any atom is 0.107 e. The first-order valence-corrected chi connectivity index (χ1v) is 9.90. The summed E-state index contributed by atoms with van der Waals surface area (Å²) in [6.07, 6.45) is 6.54. The predicted octanol–water partition coefficient (Wildman–Crippen LogP) is 1.65. The second-order valence-electron chi connectivity index (χ2n) is 9.73. The Morgan fingerprint density at radius 2 is 2.04 bits per heavy atom. The molecule has 3 aliphatic heterocycles. The van der Waals surface area contributed by atoms with E-state index in [1.807, 2.05) is 0 Å². The Morgan fingerprint density at radius 1 is 1.20 bits per heavy atom. The van der Waals surface area contributed by atoms with Gasteiger partial charge in [-0.1, -0.05) is 18.2 Å². The molecule has 4 heteroatoms. The lowest BCUT2D eigenvalue weighted by Gasteiger charge is -2.69. The number of quaternary nitrogens is 1. The number of nitrogens with zero attached hydrogens (tertiary/aromatic N) is 1. The third-order valence-electron chi connectivity index (χ3n) is 9.10. The summed E-state index contributed by atoms with van der Waals surface area (Å²) in [5.41, 5.74) is 2.41. The number of fused-ring (bicyclic) bond motifs is 3. The molecule has 3 aliphatic carbocycles. The summed E-state index contributed by atoms with van der Waals surface area (Å²) in [7, 11) is 2.45. The van der Waals surface area contributed by atoms with Crippen LogP contribution in [0.4, 0.5) is 5.69 Å². The van der Waals surface area contributed by atoms with Crippen LogP contribution in [-0.2, 0) is 10.2 Å². The van der Waals surface area contributed by atoms with Gasteiger partial charge in [0.15, 0.2) is 0 Å². The van der Waals surface area contributed by atoms with Crippen molar-refractivity contribution in [2.75, 3.05) is 25.5 Å². The molecule has 6 aliphatic rings. The van der Waals surface area contributed by atoms with Crippen LogP contribution in [-0.4, -0.2) is 42.2 Å². The number of carbonyl (C=O) groups is 1. The minimum atomic E-state index is -0.830. The molecule has 25 heavy (non-hydrogen) atoms. The first kappa shape index (κ1) is 14.6. The fourth-order valence-corrected chi connectivity index (χ4v) is 8.65. The summed E-state index contributed by atoms with van der Waals surface area (Å²) in [6, 6.07) is 9.23. The van der Waals surface area contributed by atoms with Gasteiger partial charge in [-0.05, 0) is 43.7 Å². The molecule has 2 bridgehead atoms. The predicted molar refractivity (Wildman–Crippen MR) is 92.8 cm³/mol. The number of anilines is 1. The third-order valence-corrected chi connectivity index (χ3v) is 9.10. The largest absolute Gasteiger partial charge is 0.550 e. The molecule has 4 nitrogen and oxygen atoms in total. The van der Waals surface area contributed by atoms with Crippen molar-refractivity contribution in [2.24, 2.45) is 11.3 Å². The Kier molecular flexibility index (Phi) is 2.37. The van der Waals surface area contributed by atoms with E-state index in [9.17, 15) is 9.90 Å². The van der Waals surface area contributed by atoms with Gasteiger partial charge in [-0.15, -0.1) is 0 Å². The maximum absolute atomic E-state index is 12.3. The van der Waals surface area contributed by atoms with Crippen LogP contribution >= 0.6 is 0 Å². The van der Waals surface area contributed by atoms with E-state index in [1.54, 1.807) is 0 Å². The molecule has 5 fully saturated rings. The van der Waals surface area contributed by atoms with Crippen molar-refractivity contribution in [2.45, 2.75) is 55.5 Å². The van der Waals surface area contributed by atoms with Crippen LogP contribution in [0.5, 0.6) is 0 Å². The molecule has 2 saturated heterocycles. The monoisotopic (exact) mass is 338 g/mol. The SMILES string of the molecule is C[N+]12CCC[C@@]34CC[C@@]5(Nc6ccccc6[C@]5(CC1)[C@H]32)[C@H](C(=O)[O-])C4. The molecule has 1 N–H and O–H groups in total. The van der Waals surface area contributed by atoms with Gasteiger partial charge in [-0.2, -0.15) is 0 Å². The molecule has 1 aromatic rings. The fourth-order valence-electron chi connectivity index (χ4n) is 8.65. The Balaban J connectivity index is 1.69. The number of carboxylic acids is 1. The van der Waals surface area contributed by atoms with E-state index >= 15 is 0 Å². The van der Waals surface area contributed by atoms with E-state index in [0.29, 0.717) is 6.04 Å². The zero-order valence-electron chi connectivity index (χ0n) is 14.9. The summed E-state index contributed by atoms with van der Waals surface area (Å²) in [5, 5.41) is 16.1. The molecular formula is C21H26N2O2. The molecule has 0 aromatic heterocycles. The van der Waals surface area contributed by atoms with Crippen molar-refractivity contribution in [1.82, 2.24) is 0 Å². The molecule has 0 amide bonds. The van der Waals surface area contributed by atoms with Gasteiger partial charge in [0.2, 0.25) is 0 Å².